The van der Waals surface area contributed by atoms with Crippen LogP contribution >= 0.6 is 11.6 Å². The average Bonchev–Trinajstić information content (AvgIpc) is 2.48. The van der Waals surface area contributed by atoms with Gasteiger partial charge in [-0.15, -0.1) is 0 Å². The monoisotopic (exact) mass is 184 g/mol. The van der Waals surface area contributed by atoms with Crippen molar-refractivity contribution in [3.8, 4) is 0 Å². The molecule has 6 heteroatoms. The molecule has 0 fully saturated rings. The Balaban J connectivity index is 3.07. The molecule has 12 heavy (non-hydrogen) atoms. The van der Waals surface area contributed by atoms with Crippen LogP contribution in [-0.4, -0.2) is 20.0 Å². The number of hydrogen-bond donors (Lipinski definition) is 1. The largest absolute Gasteiger partial charge is 0.292 e. The van der Waals surface area contributed by atoms with Gasteiger partial charge in [-0.1, -0.05) is 11.6 Å². The van der Waals surface area contributed by atoms with Crippen LogP contribution in [0.1, 0.15) is 0 Å². The molecule has 0 amide bonds. The van der Waals surface area contributed by atoms with E-state index in [0.717, 1.165) is 0 Å². The van der Waals surface area contributed by atoms with Crippen molar-refractivity contribution < 1.29 is 0 Å². The van der Waals surface area contributed by atoms with E-state index in [1.54, 1.807) is 0 Å². The second-order valence-corrected chi connectivity index (χ2v) is 2.74. The van der Waals surface area contributed by atoms with Crippen LogP contribution in [0, 0.1) is 0 Å². The minimum absolute atomic E-state index is 0.230. The third kappa shape index (κ3) is 0.831. The van der Waals surface area contributed by atoms with Crippen LogP contribution in [0.2, 0.25) is 5.15 Å². The summed E-state index contributed by atoms with van der Waals surface area (Å²) >= 11 is 5.74. The summed E-state index contributed by atoms with van der Waals surface area (Å²) in [5.41, 5.74) is 0.157. The topological polar surface area (TPSA) is 63.6 Å². The van der Waals surface area contributed by atoms with Gasteiger partial charge in [0, 0.05) is 7.05 Å². The summed E-state index contributed by atoms with van der Waals surface area (Å²) in [7, 11) is 1.54. The molecule has 2 aromatic heterocycles. The lowest BCUT2D eigenvalue weighted by atomic mass is 10.4. The Morgan fingerprint density at radius 2 is 2.42 bits per heavy atom. The molecule has 0 unspecified atom stereocenters. The van der Waals surface area contributed by atoms with Crippen molar-refractivity contribution in [1.29, 1.82) is 0 Å². The molecule has 0 spiro atoms. The van der Waals surface area contributed by atoms with Crippen LogP contribution in [0.25, 0.3) is 10.9 Å². The van der Waals surface area contributed by atoms with Gasteiger partial charge < -0.3 is 0 Å². The summed E-state index contributed by atoms with van der Waals surface area (Å²) < 4.78 is 1.17. The second-order valence-electron chi connectivity index (χ2n) is 2.38. The summed E-state index contributed by atoms with van der Waals surface area (Å²) in [6.45, 7) is 0. The number of nitrogens with one attached hydrogen (secondary N) is 1. The minimum Gasteiger partial charge on any atom is -0.272 e. The highest BCUT2D eigenvalue weighted by Crippen LogP contribution is 2.14. The molecular weight excluding hydrogens is 180 g/mol. The van der Waals surface area contributed by atoms with E-state index in [0.29, 0.717) is 10.9 Å². The molecule has 0 saturated carbocycles. The van der Waals surface area contributed by atoms with Crippen molar-refractivity contribution in [1.82, 2.24) is 20.0 Å². The Morgan fingerprint density at radius 1 is 1.67 bits per heavy atom. The predicted molar refractivity (Wildman–Crippen MR) is 44.1 cm³/mol. The van der Waals surface area contributed by atoms with Gasteiger partial charge in [0.05, 0.1) is 11.6 Å². The molecule has 2 heterocycles. The molecule has 2 rings (SSSR count). The standard InChI is InChI=1S/C6H5ClN4O/c1-11-6(12)4-3(2-8-9-4)5(7)10-11/h2H,1H3,(H,8,9). The van der Waals surface area contributed by atoms with Gasteiger partial charge in [-0.3, -0.25) is 9.89 Å². The van der Waals surface area contributed by atoms with Gasteiger partial charge in [-0.25, -0.2) is 4.68 Å². The zero-order valence-electron chi connectivity index (χ0n) is 6.21. The molecule has 0 bridgehead atoms. The summed E-state index contributed by atoms with van der Waals surface area (Å²) in [5, 5.41) is 10.9. The number of aryl methyl sites for hydroxylation is 1. The van der Waals surface area contributed by atoms with Crippen LogP contribution in [0.4, 0.5) is 0 Å². The quantitative estimate of drug-likeness (QED) is 0.641. The first kappa shape index (κ1) is 7.30. The molecule has 0 aliphatic rings. The fraction of sp³-hybridized carbons (Fsp3) is 0.167. The molecule has 0 aliphatic carbocycles. The van der Waals surface area contributed by atoms with Gasteiger partial charge in [-0.2, -0.15) is 10.2 Å². The van der Waals surface area contributed by atoms with E-state index in [1.807, 2.05) is 0 Å². The van der Waals surface area contributed by atoms with Gasteiger partial charge in [-0.05, 0) is 0 Å². The zero-order chi connectivity index (χ0) is 8.72. The molecule has 0 saturated heterocycles. The van der Waals surface area contributed by atoms with E-state index in [4.69, 9.17) is 11.6 Å². The van der Waals surface area contributed by atoms with E-state index in [9.17, 15) is 4.79 Å². The first-order chi connectivity index (χ1) is 5.70. The van der Waals surface area contributed by atoms with Crippen LogP contribution < -0.4 is 5.56 Å². The predicted octanol–water partition coefficient (Wildman–Crippen LogP) is 0.310. The Hall–Kier alpha value is -1.36. The number of hydrogen-bond acceptors (Lipinski definition) is 3. The number of halogens is 1. The highest BCUT2D eigenvalue weighted by atomic mass is 35.5. The fourth-order valence-corrected chi connectivity index (χ4v) is 1.26. The summed E-state index contributed by atoms with van der Waals surface area (Å²) in [5.74, 6) is 0. The number of aromatic amines is 1. The minimum atomic E-state index is -0.230. The summed E-state index contributed by atoms with van der Waals surface area (Å²) in [6, 6.07) is 0. The van der Waals surface area contributed by atoms with E-state index in [2.05, 4.69) is 15.3 Å². The molecule has 1 N–H and O–H groups in total. The highest BCUT2D eigenvalue weighted by molar-refractivity contribution is 6.33. The van der Waals surface area contributed by atoms with Gasteiger partial charge in [0.1, 0.15) is 5.52 Å². The van der Waals surface area contributed by atoms with Crippen LogP contribution in [-0.2, 0) is 7.05 Å². The molecule has 0 atom stereocenters. The van der Waals surface area contributed by atoms with E-state index < -0.39 is 0 Å². The summed E-state index contributed by atoms with van der Waals surface area (Å²) in [6.07, 6.45) is 1.48. The SMILES string of the molecule is Cn1nc(Cl)c2cn[nH]c2c1=O. The van der Waals surface area contributed by atoms with Crippen molar-refractivity contribution in [2.45, 2.75) is 0 Å². The fourth-order valence-electron chi connectivity index (χ4n) is 0.998. The zero-order valence-corrected chi connectivity index (χ0v) is 6.96. The van der Waals surface area contributed by atoms with Gasteiger partial charge >= 0.3 is 0 Å². The van der Waals surface area contributed by atoms with Crippen molar-refractivity contribution in [2.24, 2.45) is 7.05 Å². The molecular formula is C6H5ClN4O. The number of rotatable bonds is 0. The van der Waals surface area contributed by atoms with Crippen LogP contribution in [0.3, 0.4) is 0 Å². The smallest absolute Gasteiger partial charge is 0.272 e. The van der Waals surface area contributed by atoms with Crippen molar-refractivity contribution in [3.05, 3.63) is 21.7 Å². The Bertz CT molecular complexity index is 486. The van der Waals surface area contributed by atoms with Crippen LogP contribution in [0.15, 0.2) is 11.0 Å². The lowest BCUT2D eigenvalue weighted by Gasteiger charge is -1.96. The third-order valence-corrected chi connectivity index (χ3v) is 1.89. The lowest BCUT2D eigenvalue weighted by Crippen LogP contribution is -2.19. The van der Waals surface area contributed by atoms with Crippen molar-refractivity contribution in [2.75, 3.05) is 0 Å². The van der Waals surface area contributed by atoms with Crippen molar-refractivity contribution in [3.63, 3.8) is 0 Å². The van der Waals surface area contributed by atoms with Crippen molar-refractivity contribution >= 4 is 22.5 Å². The van der Waals surface area contributed by atoms with Gasteiger partial charge in [0.25, 0.3) is 5.56 Å². The number of fused-ring (bicyclic) bond motifs is 1. The van der Waals surface area contributed by atoms with Crippen LogP contribution in [0.5, 0.6) is 0 Å². The van der Waals surface area contributed by atoms with Gasteiger partial charge in [0.2, 0.25) is 0 Å². The molecule has 0 aromatic carbocycles. The second kappa shape index (κ2) is 2.31. The number of H-pyrrole nitrogens is 1. The Kier molecular flexibility index (Phi) is 1.41. The molecule has 0 radical (unpaired) electrons. The first-order valence-corrected chi connectivity index (χ1v) is 3.64. The molecule has 62 valence electrons. The normalized spacial score (nSPS) is 10.8. The third-order valence-electron chi connectivity index (χ3n) is 1.61. The number of nitrogens with zero attached hydrogens (tertiary/aromatic N) is 3. The summed E-state index contributed by atoms with van der Waals surface area (Å²) in [4.78, 5) is 11.3. The average molecular weight is 185 g/mol. The maximum atomic E-state index is 11.3. The molecule has 5 nitrogen and oxygen atoms in total. The first-order valence-electron chi connectivity index (χ1n) is 3.26. The number of aromatic nitrogens is 4. The van der Waals surface area contributed by atoms with E-state index in [1.165, 1.54) is 17.9 Å². The lowest BCUT2D eigenvalue weighted by molar-refractivity contribution is 0.717. The maximum Gasteiger partial charge on any atom is 0.292 e. The van der Waals surface area contributed by atoms with E-state index >= 15 is 0 Å². The van der Waals surface area contributed by atoms with E-state index in [-0.39, 0.29) is 10.7 Å². The highest BCUT2D eigenvalue weighted by Gasteiger charge is 2.07. The Morgan fingerprint density at radius 3 is 3.17 bits per heavy atom. The maximum absolute atomic E-state index is 11.3. The molecule has 2 aromatic rings. The Labute approximate surface area is 72.0 Å². The van der Waals surface area contributed by atoms with Gasteiger partial charge in [0.15, 0.2) is 5.15 Å². The molecule has 0 aliphatic heterocycles.